The molecule has 0 bridgehead atoms. The van der Waals surface area contributed by atoms with Gasteiger partial charge < -0.3 is 34.3 Å². The number of nitrogens with one attached hydrogen (secondary N) is 1. The maximum absolute atomic E-state index is 12.3. The molecule has 0 radical (unpaired) electrons. The molecule has 3 aliphatic rings. The Morgan fingerprint density at radius 3 is 2.29 bits per heavy atom. The molecule has 5 rings (SSSR count). The molecule has 0 spiro atoms. The predicted molar refractivity (Wildman–Crippen MR) is 158 cm³/mol. The van der Waals surface area contributed by atoms with E-state index in [1.54, 1.807) is 19.2 Å². The van der Waals surface area contributed by atoms with E-state index >= 15 is 0 Å². The lowest BCUT2D eigenvalue weighted by molar-refractivity contribution is -0.121. The second-order valence-electron chi connectivity index (χ2n) is 13.0. The molecule has 3 atom stereocenters. The van der Waals surface area contributed by atoms with Gasteiger partial charge >= 0.3 is 12.1 Å². The van der Waals surface area contributed by atoms with Crippen molar-refractivity contribution in [1.82, 2.24) is 10.3 Å². The maximum atomic E-state index is 12.3. The third-order valence-electron chi connectivity index (χ3n) is 8.32. The maximum Gasteiger partial charge on any atom is 0.407 e. The molecule has 42 heavy (non-hydrogen) atoms. The summed E-state index contributed by atoms with van der Waals surface area (Å²) < 4.78 is 24.4. The molecule has 10 heteroatoms. The SMILES string of the molecule is Cc1c(C(=O)O)cc(-c2ccc(N3C[C@@H](C)O[C@@H](C)C3)nc2)c2c1OC(C)([C@H]1CC[C@H](NC(=O)OC(C)(C)C)CC1)O2. The van der Waals surface area contributed by atoms with Crippen LogP contribution in [0.15, 0.2) is 24.4 Å². The number of carboxylic acids is 1. The normalized spacial score (nSPS) is 27.5. The van der Waals surface area contributed by atoms with E-state index in [1.807, 2.05) is 39.8 Å². The van der Waals surface area contributed by atoms with E-state index in [-0.39, 0.29) is 29.7 Å². The molecule has 1 amide bonds. The number of carbonyl (C=O) groups is 2. The Bertz CT molecular complexity index is 1320. The van der Waals surface area contributed by atoms with E-state index in [0.717, 1.165) is 50.2 Å². The summed E-state index contributed by atoms with van der Waals surface area (Å²) in [4.78, 5) is 31.4. The Morgan fingerprint density at radius 2 is 1.71 bits per heavy atom. The first kappa shape index (κ1) is 29.9. The van der Waals surface area contributed by atoms with E-state index in [0.29, 0.717) is 22.6 Å². The molecule has 1 aromatic heterocycles. The van der Waals surface area contributed by atoms with Crippen molar-refractivity contribution in [3.63, 3.8) is 0 Å². The fraction of sp³-hybridized carbons (Fsp3) is 0.594. The van der Waals surface area contributed by atoms with E-state index in [9.17, 15) is 14.7 Å². The van der Waals surface area contributed by atoms with Gasteiger partial charge in [-0.05, 0) is 85.4 Å². The van der Waals surface area contributed by atoms with E-state index in [2.05, 4.69) is 24.1 Å². The zero-order valence-electron chi connectivity index (χ0n) is 25.7. The number of rotatable bonds is 5. The van der Waals surface area contributed by atoms with Gasteiger partial charge in [0.05, 0.1) is 17.8 Å². The van der Waals surface area contributed by atoms with Gasteiger partial charge in [0.1, 0.15) is 11.4 Å². The van der Waals surface area contributed by atoms with Crippen molar-refractivity contribution in [2.24, 2.45) is 5.92 Å². The number of morpholine rings is 1. The number of nitrogens with zero attached hydrogens (tertiary/aromatic N) is 2. The van der Waals surface area contributed by atoms with Gasteiger partial charge in [-0.25, -0.2) is 14.6 Å². The molecule has 1 aromatic carbocycles. The Hall–Kier alpha value is -3.53. The highest BCUT2D eigenvalue weighted by Crippen LogP contribution is 2.52. The first-order valence-corrected chi connectivity index (χ1v) is 14.9. The lowest BCUT2D eigenvalue weighted by Crippen LogP contribution is -2.48. The number of amides is 1. The summed E-state index contributed by atoms with van der Waals surface area (Å²) in [6, 6.07) is 5.58. The molecule has 1 saturated heterocycles. The summed E-state index contributed by atoms with van der Waals surface area (Å²) >= 11 is 0. The third-order valence-corrected chi connectivity index (χ3v) is 8.32. The molecule has 1 unspecified atom stereocenters. The number of carboxylic acid groups (broad SMARTS) is 1. The zero-order valence-corrected chi connectivity index (χ0v) is 25.7. The van der Waals surface area contributed by atoms with Gasteiger partial charge in [-0.3, -0.25) is 0 Å². The molecule has 228 valence electrons. The van der Waals surface area contributed by atoms with Crippen molar-refractivity contribution in [3.8, 4) is 22.6 Å². The van der Waals surface area contributed by atoms with Crippen molar-refractivity contribution in [2.75, 3.05) is 18.0 Å². The van der Waals surface area contributed by atoms with Gasteiger partial charge in [-0.1, -0.05) is 0 Å². The highest BCUT2D eigenvalue weighted by molar-refractivity contribution is 5.94. The number of hydrogen-bond donors (Lipinski definition) is 2. The summed E-state index contributed by atoms with van der Waals surface area (Å²) in [6.07, 6.45) is 4.66. The van der Waals surface area contributed by atoms with Gasteiger partial charge in [0.2, 0.25) is 0 Å². The second-order valence-corrected chi connectivity index (χ2v) is 13.0. The highest BCUT2D eigenvalue weighted by Gasteiger charge is 2.48. The molecule has 2 N–H and O–H groups in total. The number of fused-ring (bicyclic) bond motifs is 1. The first-order valence-electron chi connectivity index (χ1n) is 14.9. The first-order chi connectivity index (χ1) is 19.7. The fourth-order valence-corrected chi connectivity index (χ4v) is 6.32. The van der Waals surface area contributed by atoms with Gasteiger partial charge in [-0.15, -0.1) is 0 Å². The lowest BCUT2D eigenvalue weighted by atomic mass is 9.81. The standard InChI is InChI=1S/C32H43N3O7/c1-18-16-35(17-19(2)39-18)26-13-8-21(15-33-26)25-14-24(29(36)37)20(3)27-28(25)41-32(7,40-27)22-9-11-23(12-10-22)34-30(38)42-31(4,5)6/h8,13-15,18-19,22-23H,9-12,16-17H2,1-7H3,(H,34,38)(H,36,37)/t18-,19+,22-,23-,32?. The Morgan fingerprint density at radius 1 is 1.07 bits per heavy atom. The molecular weight excluding hydrogens is 538 g/mol. The van der Waals surface area contributed by atoms with Crippen LogP contribution in [0.2, 0.25) is 0 Å². The van der Waals surface area contributed by atoms with Crippen LogP contribution in [0.5, 0.6) is 11.5 Å². The molecule has 2 fully saturated rings. The van der Waals surface area contributed by atoms with Crippen molar-refractivity contribution in [3.05, 3.63) is 35.5 Å². The number of aromatic carboxylic acids is 1. The van der Waals surface area contributed by atoms with Gasteiger partial charge in [-0.2, -0.15) is 0 Å². The number of benzene rings is 1. The molecular formula is C32H43N3O7. The van der Waals surface area contributed by atoms with Crippen LogP contribution >= 0.6 is 0 Å². The van der Waals surface area contributed by atoms with E-state index in [1.165, 1.54) is 0 Å². The minimum atomic E-state index is -1.02. The van der Waals surface area contributed by atoms with E-state index < -0.39 is 23.5 Å². The summed E-state index contributed by atoms with van der Waals surface area (Å²) in [5.74, 6) is -0.0972. The number of pyridine rings is 1. The monoisotopic (exact) mass is 581 g/mol. The second kappa shape index (κ2) is 11.3. The summed E-state index contributed by atoms with van der Waals surface area (Å²) in [7, 11) is 0. The topological polar surface area (TPSA) is 119 Å². The summed E-state index contributed by atoms with van der Waals surface area (Å²) in [5.41, 5.74) is 1.55. The van der Waals surface area contributed by atoms with E-state index in [4.69, 9.17) is 23.9 Å². The van der Waals surface area contributed by atoms with Crippen molar-refractivity contribution in [1.29, 1.82) is 0 Å². The Labute approximate surface area is 247 Å². The largest absolute Gasteiger partial charge is 0.478 e. The van der Waals surface area contributed by atoms with Crippen LogP contribution in [0.4, 0.5) is 10.6 Å². The van der Waals surface area contributed by atoms with Crippen molar-refractivity contribution in [2.45, 2.75) is 104 Å². The summed E-state index contributed by atoms with van der Waals surface area (Å²) in [6.45, 7) is 14.8. The van der Waals surface area contributed by atoms with Crippen LogP contribution in [-0.4, -0.2) is 64.9 Å². The van der Waals surface area contributed by atoms with Crippen molar-refractivity contribution >= 4 is 17.9 Å². The number of aromatic nitrogens is 1. The molecule has 10 nitrogen and oxygen atoms in total. The van der Waals surface area contributed by atoms with Crippen LogP contribution in [0.25, 0.3) is 11.1 Å². The van der Waals surface area contributed by atoms with Crippen LogP contribution < -0.4 is 19.7 Å². The highest BCUT2D eigenvalue weighted by atomic mass is 16.7. The van der Waals surface area contributed by atoms with Gasteiger partial charge in [0.25, 0.3) is 5.79 Å². The quantitative estimate of drug-likeness (QED) is 0.442. The van der Waals surface area contributed by atoms with Gasteiger partial charge in [0, 0.05) is 54.9 Å². The smallest absolute Gasteiger partial charge is 0.407 e. The molecule has 1 aliphatic carbocycles. The van der Waals surface area contributed by atoms with Crippen molar-refractivity contribution < 1.29 is 33.6 Å². The van der Waals surface area contributed by atoms with Crippen LogP contribution in [-0.2, 0) is 9.47 Å². The summed E-state index contributed by atoms with van der Waals surface area (Å²) in [5, 5.41) is 13.0. The number of carbonyl (C=O) groups excluding carboxylic acids is 1. The number of anilines is 1. The molecule has 3 heterocycles. The Kier molecular flexibility index (Phi) is 8.04. The lowest BCUT2D eigenvalue weighted by Gasteiger charge is -2.37. The van der Waals surface area contributed by atoms with Crippen LogP contribution in [0.1, 0.15) is 83.1 Å². The Balaban J connectivity index is 1.36. The minimum absolute atomic E-state index is 0.0152. The number of alkyl carbamates (subject to hydrolysis) is 1. The zero-order chi connectivity index (χ0) is 30.4. The number of ether oxygens (including phenoxy) is 4. The fourth-order valence-electron chi connectivity index (χ4n) is 6.32. The predicted octanol–water partition coefficient (Wildman–Crippen LogP) is 5.94. The molecule has 2 aliphatic heterocycles. The minimum Gasteiger partial charge on any atom is -0.478 e. The third kappa shape index (κ3) is 6.28. The molecule has 2 aromatic rings. The average molecular weight is 582 g/mol. The molecule has 1 saturated carbocycles. The van der Waals surface area contributed by atoms with Crippen LogP contribution in [0.3, 0.4) is 0 Å². The average Bonchev–Trinajstić information content (AvgIpc) is 3.27. The van der Waals surface area contributed by atoms with Gasteiger partial charge in [0.15, 0.2) is 11.5 Å². The van der Waals surface area contributed by atoms with Crippen LogP contribution in [0, 0.1) is 12.8 Å². The number of hydrogen-bond acceptors (Lipinski definition) is 8.